The monoisotopic (exact) mass is 359 g/mol. The summed E-state index contributed by atoms with van der Waals surface area (Å²) in [6, 6.07) is 11.5. The lowest BCUT2D eigenvalue weighted by Gasteiger charge is -2.07. The van der Waals surface area contributed by atoms with Gasteiger partial charge in [0.1, 0.15) is 18.1 Å². The van der Waals surface area contributed by atoms with Crippen molar-refractivity contribution in [2.24, 2.45) is 0 Å². The van der Waals surface area contributed by atoms with Gasteiger partial charge in [0.05, 0.1) is 6.10 Å². The lowest BCUT2D eigenvalue weighted by molar-refractivity contribution is 0.0753. The van der Waals surface area contributed by atoms with E-state index in [1.165, 1.54) is 5.56 Å². The molecule has 2 aromatic rings. The molecule has 0 radical (unpaired) electrons. The number of amides is 1. The van der Waals surface area contributed by atoms with Crippen molar-refractivity contribution in [1.82, 2.24) is 5.32 Å². The zero-order valence-corrected chi connectivity index (χ0v) is 15.9. The van der Waals surface area contributed by atoms with E-state index in [1.807, 2.05) is 26.0 Å². The number of aryl methyl sites for hydroxylation is 1. The van der Waals surface area contributed by atoms with Crippen LogP contribution in [0.25, 0.3) is 0 Å². The normalized spacial score (nSPS) is 10.9. The van der Waals surface area contributed by atoms with E-state index in [0.29, 0.717) is 31.3 Å². The van der Waals surface area contributed by atoms with Crippen molar-refractivity contribution in [2.75, 3.05) is 13.2 Å². The second kappa shape index (κ2) is 10.7. The van der Waals surface area contributed by atoms with Crippen LogP contribution in [-0.4, -0.2) is 25.2 Å². The van der Waals surface area contributed by atoms with Gasteiger partial charge in [-0.15, -0.1) is 0 Å². The van der Waals surface area contributed by atoms with Gasteiger partial charge in [-0.1, -0.05) is 25.5 Å². The van der Waals surface area contributed by atoms with E-state index in [4.69, 9.17) is 13.9 Å². The van der Waals surface area contributed by atoms with Gasteiger partial charge in [0.15, 0.2) is 5.76 Å². The van der Waals surface area contributed by atoms with Crippen LogP contribution in [0.2, 0.25) is 0 Å². The molecule has 1 aromatic heterocycles. The van der Waals surface area contributed by atoms with Crippen molar-refractivity contribution in [2.45, 2.75) is 52.7 Å². The molecule has 0 aliphatic heterocycles. The molecule has 0 aliphatic carbocycles. The highest BCUT2D eigenvalue weighted by molar-refractivity contribution is 5.91. The molecule has 0 fully saturated rings. The molecule has 1 aromatic carbocycles. The van der Waals surface area contributed by atoms with Crippen LogP contribution in [0.15, 0.2) is 40.8 Å². The van der Waals surface area contributed by atoms with Crippen LogP contribution < -0.4 is 10.1 Å². The molecule has 1 amide bonds. The molecule has 0 spiro atoms. The Labute approximate surface area is 155 Å². The number of hydrogen-bond donors (Lipinski definition) is 1. The van der Waals surface area contributed by atoms with Gasteiger partial charge in [0.2, 0.25) is 0 Å². The average molecular weight is 359 g/mol. The highest BCUT2D eigenvalue weighted by atomic mass is 16.5. The van der Waals surface area contributed by atoms with Crippen LogP contribution in [0.5, 0.6) is 5.75 Å². The smallest absolute Gasteiger partial charge is 0.286 e. The summed E-state index contributed by atoms with van der Waals surface area (Å²) >= 11 is 0. The van der Waals surface area contributed by atoms with E-state index in [0.717, 1.165) is 25.0 Å². The third-order valence-corrected chi connectivity index (χ3v) is 3.79. The Hall–Kier alpha value is -2.27. The predicted octanol–water partition coefficient (Wildman–Crippen LogP) is 4.36. The van der Waals surface area contributed by atoms with Gasteiger partial charge in [-0.05, 0) is 56.5 Å². The number of furan rings is 1. The van der Waals surface area contributed by atoms with E-state index in [-0.39, 0.29) is 12.0 Å². The fraction of sp³-hybridized carbons (Fsp3) is 0.476. The first-order valence-electron chi connectivity index (χ1n) is 9.28. The number of rotatable bonds is 11. The maximum absolute atomic E-state index is 12.0. The highest BCUT2D eigenvalue weighted by Crippen LogP contribution is 2.16. The summed E-state index contributed by atoms with van der Waals surface area (Å²) in [4.78, 5) is 12.0. The highest BCUT2D eigenvalue weighted by Gasteiger charge is 2.11. The molecule has 5 heteroatoms. The SMILES string of the molecule is CCCc1ccc(OCc2ccc(C(=O)NCCCOC(C)C)o2)cc1. The molecule has 26 heavy (non-hydrogen) atoms. The third-order valence-electron chi connectivity index (χ3n) is 3.79. The summed E-state index contributed by atoms with van der Waals surface area (Å²) in [6.45, 7) is 7.63. The summed E-state index contributed by atoms with van der Waals surface area (Å²) in [6.07, 6.45) is 3.18. The average Bonchev–Trinajstić information content (AvgIpc) is 3.10. The molecule has 5 nitrogen and oxygen atoms in total. The van der Waals surface area contributed by atoms with Crippen molar-refractivity contribution in [3.63, 3.8) is 0 Å². The molecular weight excluding hydrogens is 330 g/mol. The van der Waals surface area contributed by atoms with Crippen LogP contribution >= 0.6 is 0 Å². The molecule has 142 valence electrons. The molecule has 0 unspecified atom stereocenters. The molecule has 0 saturated heterocycles. The zero-order valence-electron chi connectivity index (χ0n) is 15.9. The van der Waals surface area contributed by atoms with Crippen molar-refractivity contribution < 1.29 is 18.7 Å². The van der Waals surface area contributed by atoms with Crippen molar-refractivity contribution in [1.29, 1.82) is 0 Å². The van der Waals surface area contributed by atoms with E-state index >= 15 is 0 Å². The second-order valence-corrected chi connectivity index (χ2v) is 6.48. The van der Waals surface area contributed by atoms with E-state index in [1.54, 1.807) is 12.1 Å². The van der Waals surface area contributed by atoms with Crippen LogP contribution in [0.1, 0.15) is 55.5 Å². The minimum absolute atomic E-state index is 0.209. The Kier molecular flexibility index (Phi) is 8.22. The molecule has 0 bridgehead atoms. The first-order valence-corrected chi connectivity index (χ1v) is 9.28. The number of hydrogen-bond acceptors (Lipinski definition) is 4. The van der Waals surface area contributed by atoms with Gasteiger partial charge in [-0.25, -0.2) is 0 Å². The molecule has 1 N–H and O–H groups in total. The fourth-order valence-electron chi connectivity index (χ4n) is 2.45. The van der Waals surface area contributed by atoms with Gasteiger partial charge in [0.25, 0.3) is 5.91 Å². The summed E-state index contributed by atoms with van der Waals surface area (Å²) in [7, 11) is 0. The molecule has 2 rings (SSSR count). The van der Waals surface area contributed by atoms with Crippen LogP contribution in [0.4, 0.5) is 0 Å². The first kappa shape index (κ1) is 20.0. The summed E-state index contributed by atoms with van der Waals surface area (Å²) < 4.78 is 16.7. The largest absolute Gasteiger partial charge is 0.486 e. The van der Waals surface area contributed by atoms with Crippen molar-refractivity contribution >= 4 is 5.91 Å². The lowest BCUT2D eigenvalue weighted by Crippen LogP contribution is -2.25. The van der Waals surface area contributed by atoms with Gasteiger partial charge < -0.3 is 19.2 Å². The van der Waals surface area contributed by atoms with Gasteiger partial charge in [-0.3, -0.25) is 4.79 Å². The maximum Gasteiger partial charge on any atom is 0.286 e. The standard InChI is InChI=1S/C21H29NO4/c1-4-6-17-7-9-18(10-8-17)25-15-19-11-12-20(26-19)21(23)22-13-5-14-24-16(2)3/h7-12,16H,4-6,13-15H2,1-3H3,(H,22,23). The van der Waals surface area contributed by atoms with Crippen molar-refractivity contribution in [3.05, 3.63) is 53.5 Å². The number of carbonyl (C=O) groups is 1. The Morgan fingerprint density at radius 1 is 1.15 bits per heavy atom. The minimum Gasteiger partial charge on any atom is -0.486 e. The second-order valence-electron chi connectivity index (χ2n) is 6.48. The van der Waals surface area contributed by atoms with Gasteiger partial charge in [0, 0.05) is 13.2 Å². The van der Waals surface area contributed by atoms with Crippen molar-refractivity contribution in [3.8, 4) is 5.75 Å². The quantitative estimate of drug-likeness (QED) is 0.606. The summed E-state index contributed by atoms with van der Waals surface area (Å²) in [5.41, 5.74) is 1.30. The van der Waals surface area contributed by atoms with Crippen LogP contribution in [0.3, 0.4) is 0 Å². The molecule has 1 heterocycles. The zero-order chi connectivity index (χ0) is 18.8. The minimum atomic E-state index is -0.218. The molecule has 0 saturated carbocycles. The Bertz CT molecular complexity index is 661. The topological polar surface area (TPSA) is 60.7 Å². The number of benzene rings is 1. The lowest BCUT2D eigenvalue weighted by atomic mass is 10.1. The Morgan fingerprint density at radius 3 is 2.62 bits per heavy atom. The van der Waals surface area contributed by atoms with Crippen LogP contribution in [0, 0.1) is 0 Å². The first-order chi connectivity index (χ1) is 12.6. The molecule has 0 atom stereocenters. The van der Waals surface area contributed by atoms with E-state index < -0.39 is 0 Å². The van der Waals surface area contributed by atoms with E-state index in [9.17, 15) is 4.79 Å². The van der Waals surface area contributed by atoms with Crippen LogP contribution in [-0.2, 0) is 17.8 Å². The number of nitrogens with one attached hydrogen (secondary N) is 1. The summed E-state index contributed by atoms with van der Waals surface area (Å²) in [5.74, 6) is 1.49. The maximum atomic E-state index is 12.0. The number of ether oxygens (including phenoxy) is 2. The Morgan fingerprint density at radius 2 is 1.92 bits per heavy atom. The third kappa shape index (κ3) is 6.92. The fourth-order valence-corrected chi connectivity index (χ4v) is 2.45. The number of carbonyl (C=O) groups excluding carboxylic acids is 1. The molecule has 0 aliphatic rings. The van der Waals surface area contributed by atoms with E-state index in [2.05, 4.69) is 24.4 Å². The predicted molar refractivity (Wildman–Crippen MR) is 102 cm³/mol. The summed E-state index contributed by atoms with van der Waals surface area (Å²) in [5, 5.41) is 2.82. The Balaban J connectivity index is 1.73. The van der Waals surface area contributed by atoms with Gasteiger partial charge in [-0.2, -0.15) is 0 Å². The van der Waals surface area contributed by atoms with Gasteiger partial charge >= 0.3 is 0 Å². The molecular formula is C21H29NO4.